The van der Waals surface area contributed by atoms with E-state index < -0.39 is 0 Å². The molecule has 100 valence electrons. The molecule has 0 aliphatic heterocycles. The minimum Gasteiger partial charge on any atom is -0.466 e. The Morgan fingerprint density at radius 1 is 1.44 bits per heavy atom. The van der Waals surface area contributed by atoms with E-state index in [2.05, 4.69) is 10.3 Å². The third kappa shape index (κ3) is 4.83. The lowest BCUT2D eigenvalue weighted by Crippen LogP contribution is -2.14. The molecule has 6 heteroatoms. The number of carbonyl (C=O) groups excluding carboxylic acids is 2. The number of amides is 1. The monoisotopic (exact) mass is 270 g/mol. The summed E-state index contributed by atoms with van der Waals surface area (Å²) >= 11 is 1.39. The molecule has 1 heterocycles. The molecule has 0 saturated carbocycles. The lowest BCUT2D eigenvalue weighted by atomic mass is 10.2. The highest BCUT2D eigenvalue weighted by molar-refractivity contribution is 7.13. The van der Waals surface area contributed by atoms with Crippen molar-refractivity contribution in [3.05, 3.63) is 11.1 Å². The van der Waals surface area contributed by atoms with Crippen molar-refractivity contribution >= 4 is 28.3 Å². The van der Waals surface area contributed by atoms with Gasteiger partial charge in [-0.1, -0.05) is 13.8 Å². The van der Waals surface area contributed by atoms with Crippen LogP contribution in [0.15, 0.2) is 5.38 Å². The minimum absolute atomic E-state index is 0.0993. The lowest BCUT2D eigenvalue weighted by molar-refractivity contribution is -0.144. The highest BCUT2D eigenvalue weighted by atomic mass is 32.1. The van der Waals surface area contributed by atoms with E-state index in [1.54, 1.807) is 6.92 Å². The molecule has 1 amide bonds. The average Bonchev–Trinajstić information content (AvgIpc) is 2.75. The molecule has 1 N–H and O–H groups in total. The first-order chi connectivity index (χ1) is 8.52. The SMILES string of the molecule is CCOC(=O)CCC(=O)Nc1nc(C(C)C)cs1. The van der Waals surface area contributed by atoms with E-state index in [4.69, 9.17) is 4.74 Å². The number of nitrogens with one attached hydrogen (secondary N) is 1. The minimum atomic E-state index is -0.352. The van der Waals surface area contributed by atoms with E-state index in [-0.39, 0.29) is 24.7 Å². The standard InChI is InChI=1S/C12H18N2O3S/c1-4-17-11(16)6-5-10(15)14-12-13-9(7-18-12)8(2)3/h7-8H,4-6H2,1-3H3,(H,13,14,15). The molecule has 0 spiro atoms. The van der Waals surface area contributed by atoms with Crippen LogP contribution in [0.2, 0.25) is 0 Å². The zero-order valence-corrected chi connectivity index (χ0v) is 11.7. The first kappa shape index (κ1) is 14.6. The van der Waals surface area contributed by atoms with E-state index in [1.807, 2.05) is 19.2 Å². The molecule has 0 aliphatic rings. The highest BCUT2D eigenvalue weighted by Crippen LogP contribution is 2.21. The zero-order valence-electron chi connectivity index (χ0n) is 10.9. The summed E-state index contributed by atoms with van der Waals surface area (Å²) in [6, 6.07) is 0. The van der Waals surface area contributed by atoms with Crippen molar-refractivity contribution in [1.29, 1.82) is 0 Å². The molecular weight excluding hydrogens is 252 g/mol. The summed E-state index contributed by atoms with van der Waals surface area (Å²) in [6.07, 6.45) is 0.220. The molecular formula is C12H18N2O3S. The Morgan fingerprint density at radius 3 is 2.72 bits per heavy atom. The summed E-state index contributed by atoms with van der Waals surface area (Å²) in [7, 11) is 0. The van der Waals surface area contributed by atoms with Gasteiger partial charge in [-0.2, -0.15) is 0 Å². The molecule has 0 radical (unpaired) electrons. The fourth-order valence-corrected chi connectivity index (χ4v) is 2.13. The number of hydrogen-bond donors (Lipinski definition) is 1. The Labute approximate surface area is 111 Å². The smallest absolute Gasteiger partial charge is 0.306 e. The van der Waals surface area contributed by atoms with Gasteiger partial charge in [0.1, 0.15) is 0 Å². The lowest BCUT2D eigenvalue weighted by Gasteiger charge is -2.02. The van der Waals surface area contributed by atoms with Gasteiger partial charge in [0.05, 0.1) is 18.7 Å². The normalized spacial score (nSPS) is 10.4. The molecule has 1 rings (SSSR count). The number of rotatable bonds is 6. The van der Waals surface area contributed by atoms with Crippen molar-refractivity contribution in [3.8, 4) is 0 Å². The molecule has 5 nitrogen and oxygen atoms in total. The van der Waals surface area contributed by atoms with Gasteiger partial charge >= 0.3 is 5.97 Å². The summed E-state index contributed by atoms with van der Waals surface area (Å²) in [6.45, 7) is 6.16. The van der Waals surface area contributed by atoms with Crippen LogP contribution in [0.3, 0.4) is 0 Å². The van der Waals surface area contributed by atoms with Crippen molar-refractivity contribution in [2.24, 2.45) is 0 Å². The number of carbonyl (C=O) groups is 2. The topological polar surface area (TPSA) is 68.3 Å². The van der Waals surface area contributed by atoms with E-state index in [0.29, 0.717) is 17.7 Å². The van der Waals surface area contributed by atoms with Crippen molar-refractivity contribution < 1.29 is 14.3 Å². The van der Waals surface area contributed by atoms with Crippen LogP contribution in [0.25, 0.3) is 0 Å². The van der Waals surface area contributed by atoms with Gasteiger partial charge in [-0.25, -0.2) is 4.98 Å². The first-order valence-electron chi connectivity index (χ1n) is 5.93. The molecule has 0 atom stereocenters. The van der Waals surface area contributed by atoms with Crippen LogP contribution in [0.5, 0.6) is 0 Å². The van der Waals surface area contributed by atoms with Gasteiger partial charge in [0, 0.05) is 11.8 Å². The predicted molar refractivity (Wildman–Crippen MR) is 70.7 cm³/mol. The maximum atomic E-state index is 11.5. The summed E-state index contributed by atoms with van der Waals surface area (Å²) in [4.78, 5) is 26.9. The summed E-state index contributed by atoms with van der Waals surface area (Å²) < 4.78 is 4.75. The van der Waals surface area contributed by atoms with E-state index in [1.165, 1.54) is 11.3 Å². The molecule has 1 aromatic heterocycles. The molecule has 1 aromatic rings. The second-order valence-corrected chi connectivity index (χ2v) is 4.94. The number of aromatic nitrogens is 1. The second-order valence-electron chi connectivity index (χ2n) is 4.09. The Hall–Kier alpha value is -1.43. The summed E-state index contributed by atoms with van der Waals surface area (Å²) in [5, 5.41) is 5.17. The zero-order chi connectivity index (χ0) is 13.5. The molecule has 0 aliphatic carbocycles. The van der Waals surface area contributed by atoms with Gasteiger partial charge in [0.25, 0.3) is 0 Å². The molecule has 0 fully saturated rings. The Morgan fingerprint density at radius 2 is 2.17 bits per heavy atom. The van der Waals surface area contributed by atoms with Crippen LogP contribution in [0, 0.1) is 0 Å². The van der Waals surface area contributed by atoms with Crippen molar-refractivity contribution in [2.45, 2.75) is 39.5 Å². The summed E-state index contributed by atoms with van der Waals surface area (Å²) in [5.74, 6) is -0.228. The van der Waals surface area contributed by atoms with Crippen LogP contribution in [0.4, 0.5) is 5.13 Å². The quantitative estimate of drug-likeness (QED) is 0.807. The molecule has 0 saturated heterocycles. The number of anilines is 1. The molecule has 0 unspecified atom stereocenters. The van der Waals surface area contributed by atoms with Gasteiger partial charge in [-0.05, 0) is 12.8 Å². The Kier molecular flexibility index (Phi) is 5.77. The van der Waals surface area contributed by atoms with Crippen LogP contribution in [-0.2, 0) is 14.3 Å². The molecule has 0 bridgehead atoms. The highest BCUT2D eigenvalue weighted by Gasteiger charge is 2.10. The number of nitrogens with zero attached hydrogens (tertiary/aromatic N) is 1. The van der Waals surface area contributed by atoms with Gasteiger partial charge in [0.15, 0.2) is 5.13 Å². The van der Waals surface area contributed by atoms with Crippen LogP contribution < -0.4 is 5.32 Å². The fraction of sp³-hybridized carbons (Fsp3) is 0.583. The average molecular weight is 270 g/mol. The van der Waals surface area contributed by atoms with Gasteiger partial charge in [-0.3, -0.25) is 9.59 Å². The van der Waals surface area contributed by atoms with Crippen LogP contribution in [0.1, 0.15) is 45.2 Å². The Balaban J connectivity index is 2.37. The predicted octanol–water partition coefficient (Wildman–Crippen LogP) is 2.55. The van der Waals surface area contributed by atoms with E-state index in [0.717, 1.165) is 5.69 Å². The molecule has 0 aromatic carbocycles. The van der Waals surface area contributed by atoms with Crippen molar-refractivity contribution in [3.63, 3.8) is 0 Å². The van der Waals surface area contributed by atoms with E-state index >= 15 is 0 Å². The Bertz CT molecular complexity index is 415. The van der Waals surface area contributed by atoms with Gasteiger partial charge < -0.3 is 10.1 Å². The van der Waals surface area contributed by atoms with Gasteiger partial charge in [0.2, 0.25) is 5.91 Å². The maximum absolute atomic E-state index is 11.5. The third-order valence-electron chi connectivity index (χ3n) is 2.22. The van der Waals surface area contributed by atoms with Crippen LogP contribution >= 0.6 is 11.3 Å². The van der Waals surface area contributed by atoms with Crippen LogP contribution in [-0.4, -0.2) is 23.5 Å². The third-order valence-corrected chi connectivity index (χ3v) is 3.00. The van der Waals surface area contributed by atoms with E-state index in [9.17, 15) is 9.59 Å². The number of esters is 1. The van der Waals surface area contributed by atoms with Crippen molar-refractivity contribution in [2.75, 3.05) is 11.9 Å². The fourth-order valence-electron chi connectivity index (χ4n) is 1.24. The maximum Gasteiger partial charge on any atom is 0.306 e. The number of ether oxygens (including phenoxy) is 1. The summed E-state index contributed by atoms with van der Waals surface area (Å²) in [5.41, 5.74) is 0.959. The van der Waals surface area contributed by atoms with Crippen molar-refractivity contribution in [1.82, 2.24) is 4.98 Å². The largest absolute Gasteiger partial charge is 0.466 e. The van der Waals surface area contributed by atoms with Gasteiger partial charge in [-0.15, -0.1) is 11.3 Å². The number of thiazole rings is 1. The first-order valence-corrected chi connectivity index (χ1v) is 6.81. The second kappa shape index (κ2) is 7.10. The number of hydrogen-bond acceptors (Lipinski definition) is 5. The molecule has 18 heavy (non-hydrogen) atoms.